The van der Waals surface area contributed by atoms with E-state index in [0.717, 1.165) is 16.8 Å². The minimum absolute atomic E-state index is 0.0137. The van der Waals surface area contributed by atoms with Crippen molar-refractivity contribution in [3.8, 4) is 5.69 Å². The van der Waals surface area contributed by atoms with Crippen LogP contribution in [0.15, 0.2) is 46.1 Å². The molecule has 1 aliphatic carbocycles. The van der Waals surface area contributed by atoms with E-state index in [1.807, 2.05) is 0 Å². The summed E-state index contributed by atoms with van der Waals surface area (Å²) in [5.74, 6) is -1.53. The van der Waals surface area contributed by atoms with Crippen LogP contribution in [0.3, 0.4) is 0 Å². The quantitative estimate of drug-likeness (QED) is 0.529. The van der Waals surface area contributed by atoms with E-state index in [1.54, 1.807) is 12.1 Å². The predicted octanol–water partition coefficient (Wildman–Crippen LogP) is 1.72. The number of fused-ring (bicyclic) bond motifs is 1. The summed E-state index contributed by atoms with van der Waals surface area (Å²) in [6.45, 7) is -0.0437. The number of carbonyl (C=O) groups is 2. The van der Waals surface area contributed by atoms with Crippen molar-refractivity contribution in [1.29, 1.82) is 0 Å². The number of benzene rings is 1. The van der Waals surface area contributed by atoms with Crippen LogP contribution in [-0.2, 0) is 14.3 Å². The summed E-state index contributed by atoms with van der Waals surface area (Å²) < 4.78 is 26.0. The Balaban J connectivity index is 1.79. The largest absolute Gasteiger partial charge is 0.465 e. The number of rotatable bonds is 6. The van der Waals surface area contributed by atoms with Crippen molar-refractivity contribution in [2.45, 2.75) is 37.8 Å². The van der Waals surface area contributed by atoms with Crippen LogP contribution in [0.25, 0.3) is 16.7 Å². The lowest BCUT2D eigenvalue weighted by molar-refractivity contribution is -0.125. The Labute approximate surface area is 199 Å². The number of pyridine rings is 1. The molecule has 0 unspecified atom stereocenters. The maximum absolute atomic E-state index is 14.1. The third kappa shape index (κ3) is 4.85. The smallest absolute Gasteiger partial charge is 0.337 e. The fourth-order valence-electron chi connectivity index (χ4n) is 4.51. The van der Waals surface area contributed by atoms with Crippen molar-refractivity contribution >= 4 is 22.9 Å². The molecule has 0 spiro atoms. The van der Waals surface area contributed by atoms with Gasteiger partial charge in [-0.2, -0.15) is 0 Å². The number of nitrogens with zero attached hydrogens (tertiary/aromatic N) is 3. The Morgan fingerprint density at radius 2 is 1.89 bits per heavy atom. The summed E-state index contributed by atoms with van der Waals surface area (Å²) >= 11 is 0. The van der Waals surface area contributed by atoms with E-state index in [4.69, 9.17) is 9.47 Å². The van der Waals surface area contributed by atoms with E-state index in [2.05, 4.69) is 10.3 Å². The van der Waals surface area contributed by atoms with Crippen LogP contribution in [0.1, 0.15) is 42.1 Å². The molecule has 0 aliphatic heterocycles. The van der Waals surface area contributed by atoms with Crippen LogP contribution >= 0.6 is 0 Å². The second kappa shape index (κ2) is 10.2. The van der Waals surface area contributed by atoms with Gasteiger partial charge in [-0.25, -0.2) is 23.5 Å². The monoisotopic (exact) mass is 484 g/mol. The molecule has 2 aromatic heterocycles. The molecule has 0 radical (unpaired) electrons. The molecular weight excluding hydrogens is 459 g/mol. The number of amides is 1. The first-order valence-electron chi connectivity index (χ1n) is 11.1. The van der Waals surface area contributed by atoms with Crippen molar-refractivity contribution in [1.82, 2.24) is 19.4 Å². The van der Waals surface area contributed by atoms with Gasteiger partial charge >= 0.3 is 11.7 Å². The molecule has 1 fully saturated rings. The second-order valence-corrected chi connectivity index (χ2v) is 8.37. The van der Waals surface area contributed by atoms with E-state index in [1.165, 1.54) is 30.9 Å². The van der Waals surface area contributed by atoms with Gasteiger partial charge in [0, 0.05) is 19.2 Å². The summed E-state index contributed by atoms with van der Waals surface area (Å²) in [6.07, 6.45) is 2.97. The van der Waals surface area contributed by atoms with Crippen LogP contribution in [-0.4, -0.2) is 52.9 Å². The highest BCUT2D eigenvalue weighted by molar-refractivity contribution is 5.90. The molecule has 3 aromatic rings. The second-order valence-electron chi connectivity index (χ2n) is 8.37. The van der Waals surface area contributed by atoms with Gasteiger partial charge in [-0.05, 0) is 49.9 Å². The molecule has 0 saturated heterocycles. The number of aromatic nitrogens is 3. The van der Waals surface area contributed by atoms with Crippen molar-refractivity contribution in [3.63, 3.8) is 0 Å². The van der Waals surface area contributed by atoms with Crippen molar-refractivity contribution < 1.29 is 23.5 Å². The zero-order chi connectivity index (χ0) is 25.1. The molecular formula is C24H25FN4O6. The number of ether oxygens (including phenoxy) is 2. The van der Waals surface area contributed by atoms with E-state index < -0.39 is 29.1 Å². The van der Waals surface area contributed by atoms with Gasteiger partial charge in [0.2, 0.25) is 5.91 Å². The fourth-order valence-corrected chi connectivity index (χ4v) is 4.51. The Hall–Kier alpha value is -3.86. The van der Waals surface area contributed by atoms with Gasteiger partial charge in [-0.3, -0.25) is 14.2 Å². The Bertz CT molecular complexity index is 1390. The molecule has 11 heteroatoms. The summed E-state index contributed by atoms with van der Waals surface area (Å²) in [6, 6.07) is 6.66. The van der Waals surface area contributed by atoms with Crippen molar-refractivity contribution in [3.05, 3.63) is 68.7 Å². The zero-order valence-corrected chi connectivity index (χ0v) is 19.3. The molecule has 1 amide bonds. The third-order valence-electron chi connectivity index (χ3n) is 6.12. The number of nitrogens with one attached hydrogen (secondary N) is 1. The zero-order valence-electron chi connectivity index (χ0n) is 19.3. The highest BCUT2D eigenvalue weighted by Crippen LogP contribution is 2.27. The number of hydrogen-bond acceptors (Lipinski definition) is 7. The normalized spacial score (nSPS) is 17.8. The third-order valence-corrected chi connectivity index (χ3v) is 6.12. The SMILES string of the molecule is COCC(=O)NC1CCC(n2c(=O)c3cc(F)cnc3n(-c3cccc(C(=O)OC)c3)c2=O)CC1. The Morgan fingerprint density at radius 1 is 1.14 bits per heavy atom. The average molecular weight is 484 g/mol. The van der Waals surface area contributed by atoms with Crippen LogP contribution in [0, 0.1) is 5.82 Å². The molecule has 4 rings (SSSR count). The van der Waals surface area contributed by atoms with E-state index >= 15 is 0 Å². The first kappa shape index (κ1) is 24.3. The first-order chi connectivity index (χ1) is 16.8. The van der Waals surface area contributed by atoms with Crippen LogP contribution in [0.4, 0.5) is 4.39 Å². The Kier molecular flexibility index (Phi) is 7.06. The molecule has 1 N–H and O–H groups in total. The predicted molar refractivity (Wildman–Crippen MR) is 124 cm³/mol. The lowest BCUT2D eigenvalue weighted by atomic mass is 9.91. The highest BCUT2D eigenvalue weighted by Gasteiger charge is 2.28. The number of hydrogen-bond donors (Lipinski definition) is 1. The van der Waals surface area contributed by atoms with Crippen LogP contribution in [0.5, 0.6) is 0 Å². The summed E-state index contributed by atoms with van der Waals surface area (Å²) in [4.78, 5) is 54.9. The minimum atomic E-state index is -0.709. The molecule has 0 bridgehead atoms. The molecule has 184 valence electrons. The van der Waals surface area contributed by atoms with Crippen molar-refractivity contribution in [2.24, 2.45) is 0 Å². The van der Waals surface area contributed by atoms with Gasteiger partial charge in [0.1, 0.15) is 12.4 Å². The van der Waals surface area contributed by atoms with Gasteiger partial charge in [0.15, 0.2) is 5.65 Å². The highest BCUT2D eigenvalue weighted by atomic mass is 19.1. The minimum Gasteiger partial charge on any atom is -0.465 e. The first-order valence-corrected chi connectivity index (χ1v) is 11.1. The summed E-state index contributed by atoms with van der Waals surface area (Å²) in [7, 11) is 2.68. The molecule has 10 nitrogen and oxygen atoms in total. The number of halogens is 1. The number of methoxy groups -OCH3 is 2. The maximum atomic E-state index is 14.1. The van der Waals surface area contributed by atoms with Gasteiger partial charge in [-0.15, -0.1) is 0 Å². The number of esters is 1. The van der Waals surface area contributed by atoms with Gasteiger partial charge in [0.25, 0.3) is 5.56 Å². The molecule has 1 aliphatic rings. The maximum Gasteiger partial charge on any atom is 0.337 e. The molecule has 35 heavy (non-hydrogen) atoms. The van der Waals surface area contributed by atoms with E-state index in [-0.39, 0.29) is 40.8 Å². The summed E-state index contributed by atoms with van der Waals surface area (Å²) in [5.41, 5.74) is -0.798. The summed E-state index contributed by atoms with van der Waals surface area (Å²) in [5, 5.41) is 2.83. The van der Waals surface area contributed by atoms with Crippen LogP contribution < -0.4 is 16.6 Å². The van der Waals surface area contributed by atoms with Crippen molar-refractivity contribution in [2.75, 3.05) is 20.8 Å². The molecule has 0 atom stereocenters. The number of carbonyl (C=O) groups excluding carboxylic acids is 2. The molecule has 1 aromatic carbocycles. The standard InChI is InChI=1S/C24H25FN4O6/c1-34-13-20(30)27-16-6-8-17(9-7-16)29-22(31)19-11-15(25)12-26-21(19)28(24(29)33)18-5-3-4-14(10-18)23(32)35-2/h3-5,10-12,16-17H,6-9,13H2,1-2H3,(H,27,30). The topological polar surface area (TPSA) is 122 Å². The molecule has 2 heterocycles. The lowest BCUT2D eigenvalue weighted by Crippen LogP contribution is -2.45. The lowest BCUT2D eigenvalue weighted by Gasteiger charge is -2.30. The van der Waals surface area contributed by atoms with E-state index in [0.29, 0.717) is 25.7 Å². The van der Waals surface area contributed by atoms with Gasteiger partial charge < -0.3 is 14.8 Å². The van der Waals surface area contributed by atoms with Gasteiger partial charge in [-0.1, -0.05) is 6.07 Å². The fraction of sp³-hybridized carbons (Fsp3) is 0.375. The van der Waals surface area contributed by atoms with Gasteiger partial charge in [0.05, 0.1) is 29.9 Å². The Morgan fingerprint density at radius 3 is 2.57 bits per heavy atom. The van der Waals surface area contributed by atoms with Crippen LogP contribution in [0.2, 0.25) is 0 Å². The van der Waals surface area contributed by atoms with E-state index in [9.17, 15) is 23.6 Å². The average Bonchev–Trinajstić information content (AvgIpc) is 2.85. The molecule has 1 saturated carbocycles.